The summed E-state index contributed by atoms with van der Waals surface area (Å²) in [4.78, 5) is 32.7. The quantitative estimate of drug-likeness (QED) is 0.618. The zero-order chi connectivity index (χ0) is 21.5. The van der Waals surface area contributed by atoms with Crippen molar-refractivity contribution in [1.29, 1.82) is 0 Å². The highest BCUT2D eigenvalue weighted by molar-refractivity contribution is 8.00. The second kappa shape index (κ2) is 10.1. The van der Waals surface area contributed by atoms with Crippen molar-refractivity contribution >= 4 is 23.6 Å². The van der Waals surface area contributed by atoms with Crippen molar-refractivity contribution in [3.8, 4) is 11.5 Å². The van der Waals surface area contributed by atoms with Gasteiger partial charge in [-0.15, -0.1) is 11.8 Å². The molecule has 2 aromatic carbocycles. The summed E-state index contributed by atoms with van der Waals surface area (Å²) >= 11 is 1.60. The summed E-state index contributed by atoms with van der Waals surface area (Å²) in [6.45, 7) is 0.358. The maximum atomic E-state index is 12.8. The number of ether oxygens (including phenoxy) is 1. The largest absolute Gasteiger partial charge is 0.457 e. The van der Waals surface area contributed by atoms with Gasteiger partial charge in [0.2, 0.25) is 5.91 Å². The summed E-state index contributed by atoms with van der Waals surface area (Å²) in [5.74, 6) is 1.99. The summed E-state index contributed by atoms with van der Waals surface area (Å²) in [5, 5.41) is 5.60. The molecular formula is C23H22N4O3S. The van der Waals surface area contributed by atoms with Gasteiger partial charge in [0.25, 0.3) is 5.91 Å². The molecule has 2 N–H and O–H groups in total. The fourth-order valence-corrected chi connectivity index (χ4v) is 4.45. The predicted octanol–water partition coefficient (Wildman–Crippen LogP) is 3.36. The van der Waals surface area contributed by atoms with Crippen LogP contribution in [0.15, 0.2) is 73.3 Å². The van der Waals surface area contributed by atoms with Gasteiger partial charge < -0.3 is 15.4 Å². The van der Waals surface area contributed by atoms with Crippen LogP contribution in [0.1, 0.15) is 27.6 Å². The normalized spacial score (nSPS) is 18.5. The molecule has 0 unspecified atom stereocenters. The number of para-hydroxylation sites is 1. The topological polar surface area (TPSA) is 93.2 Å². The van der Waals surface area contributed by atoms with Crippen LogP contribution in [0.5, 0.6) is 11.5 Å². The number of carbonyl (C=O) groups excluding carboxylic acids is 2. The molecule has 8 heteroatoms. The molecule has 1 aromatic heterocycles. The van der Waals surface area contributed by atoms with Gasteiger partial charge in [-0.25, -0.2) is 9.97 Å². The first-order valence-electron chi connectivity index (χ1n) is 9.97. The monoisotopic (exact) mass is 434 g/mol. The Morgan fingerprint density at radius 2 is 1.77 bits per heavy atom. The van der Waals surface area contributed by atoms with Crippen LogP contribution < -0.4 is 15.4 Å². The predicted molar refractivity (Wildman–Crippen MR) is 119 cm³/mol. The lowest BCUT2D eigenvalue weighted by atomic mass is 10.1. The third kappa shape index (κ3) is 5.61. The number of thioether (sulfide) groups is 1. The van der Waals surface area contributed by atoms with Crippen molar-refractivity contribution in [2.45, 2.75) is 17.7 Å². The summed E-state index contributed by atoms with van der Waals surface area (Å²) in [5.41, 5.74) is 1.32. The van der Waals surface area contributed by atoms with Crippen LogP contribution in [0.2, 0.25) is 0 Å². The number of hydrogen-bond acceptors (Lipinski definition) is 6. The lowest BCUT2D eigenvalue weighted by Crippen LogP contribution is -2.43. The van der Waals surface area contributed by atoms with Gasteiger partial charge in [0, 0.05) is 25.0 Å². The van der Waals surface area contributed by atoms with Crippen LogP contribution in [0.25, 0.3) is 0 Å². The van der Waals surface area contributed by atoms with Gasteiger partial charge >= 0.3 is 0 Å². The molecule has 2 amide bonds. The maximum absolute atomic E-state index is 12.8. The van der Waals surface area contributed by atoms with Crippen molar-refractivity contribution in [3.05, 3.63) is 84.4 Å². The molecule has 1 fully saturated rings. The molecule has 3 aromatic rings. The van der Waals surface area contributed by atoms with Crippen LogP contribution in [0.4, 0.5) is 0 Å². The van der Waals surface area contributed by atoms with Crippen LogP contribution in [-0.4, -0.2) is 40.1 Å². The van der Waals surface area contributed by atoms with E-state index >= 15 is 0 Å². The van der Waals surface area contributed by atoms with Gasteiger partial charge in [-0.3, -0.25) is 9.59 Å². The van der Waals surface area contributed by atoms with E-state index in [1.165, 1.54) is 18.7 Å². The number of carbonyl (C=O) groups is 2. The van der Waals surface area contributed by atoms with Gasteiger partial charge in [-0.1, -0.05) is 30.3 Å². The molecule has 158 valence electrons. The van der Waals surface area contributed by atoms with E-state index in [9.17, 15) is 9.59 Å². The first kappa shape index (κ1) is 20.9. The van der Waals surface area contributed by atoms with E-state index in [0.717, 1.165) is 29.2 Å². The highest BCUT2D eigenvalue weighted by Gasteiger charge is 2.27. The number of nitrogens with zero attached hydrogens (tertiary/aromatic N) is 2. The van der Waals surface area contributed by atoms with Crippen LogP contribution in [-0.2, 0) is 4.79 Å². The molecule has 0 bridgehead atoms. The minimum absolute atomic E-state index is 0.0541. The lowest BCUT2D eigenvalue weighted by molar-refractivity contribution is -0.121. The summed E-state index contributed by atoms with van der Waals surface area (Å²) in [6.07, 6.45) is 5.07. The maximum Gasteiger partial charge on any atom is 0.254 e. The fraction of sp³-hybridized carbons (Fsp3) is 0.217. The molecule has 1 aliphatic rings. The molecule has 0 saturated carbocycles. The van der Waals surface area contributed by atoms with Gasteiger partial charge in [0.1, 0.15) is 23.1 Å². The SMILES string of the molecule is O=C(NC[C@@H]1CCS[C@H](c2ccc(Oc3ccccc3)cc2)C(=O)N1)c1cncnc1. The number of rotatable bonds is 6. The van der Waals surface area contributed by atoms with E-state index in [4.69, 9.17) is 4.74 Å². The zero-order valence-corrected chi connectivity index (χ0v) is 17.5. The van der Waals surface area contributed by atoms with E-state index in [1.54, 1.807) is 11.8 Å². The van der Waals surface area contributed by atoms with Crippen LogP contribution in [0, 0.1) is 0 Å². The van der Waals surface area contributed by atoms with Gasteiger partial charge in [0.15, 0.2) is 0 Å². The van der Waals surface area contributed by atoms with Crippen molar-refractivity contribution in [1.82, 2.24) is 20.6 Å². The third-order valence-corrected chi connectivity index (χ3v) is 6.12. The minimum atomic E-state index is -0.297. The van der Waals surface area contributed by atoms with E-state index in [1.807, 2.05) is 54.6 Å². The van der Waals surface area contributed by atoms with E-state index in [2.05, 4.69) is 20.6 Å². The minimum Gasteiger partial charge on any atom is -0.457 e. The van der Waals surface area contributed by atoms with Crippen molar-refractivity contribution in [2.75, 3.05) is 12.3 Å². The van der Waals surface area contributed by atoms with E-state index < -0.39 is 0 Å². The molecule has 0 aliphatic carbocycles. The zero-order valence-electron chi connectivity index (χ0n) is 16.7. The van der Waals surface area contributed by atoms with E-state index in [-0.39, 0.29) is 23.1 Å². The van der Waals surface area contributed by atoms with Crippen molar-refractivity contribution < 1.29 is 14.3 Å². The average molecular weight is 435 g/mol. The molecule has 0 spiro atoms. The second-order valence-electron chi connectivity index (χ2n) is 7.07. The highest BCUT2D eigenvalue weighted by Crippen LogP contribution is 2.33. The van der Waals surface area contributed by atoms with Crippen LogP contribution >= 0.6 is 11.8 Å². The fourth-order valence-electron chi connectivity index (χ4n) is 3.22. The van der Waals surface area contributed by atoms with Gasteiger partial charge in [-0.05, 0) is 42.0 Å². The Bertz CT molecular complexity index is 1020. The molecule has 0 radical (unpaired) electrons. The van der Waals surface area contributed by atoms with E-state index in [0.29, 0.717) is 12.1 Å². The first-order valence-corrected chi connectivity index (χ1v) is 11.0. The smallest absolute Gasteiger partial charge is 0.254 e. The Kier molecular flexibility index (Phi) is 6.78. The molecule has 2 heterocycles. The molecule has 1 saturated heterocycles. The Morgan fingerprint density at radius 3 is 2.52 bits per heavy atom. The average Bonchev–Trinajstić information content (AvgIpc) is 3.00. The summed E-state index contributed by atoms with van der Waals surface area (Å²) < 4.78 is 5.82. The van der Waals surface area contributed by atoms with Crippen molar-refractivity contribution in [2.24, 2.45) is 0 Å². The molecule has 7 nitrogen and oxygen atoms in total. The Morgan fingerprint density at radius 1 is 1.06 bits per heavy atom. The Hall–Kier alpha value is -3.39. The molecule has 4 rings (SSSR count). The Labute approximate surface area is 184 Å². The standard InChI is InChI=1S/C23H22N4O3S/c28-22(17-12-24-15-25-13-17)26-14-18-10-11-31-21(23(29)27-18)16-6-8-20(9-7-16)30-19-4-2-1-3-5-19/h1-9,12-13,15,18,21H,10-11,14H2,(H,26,28)(H,27,29)/t18-,21+/m0/s1. The number of benzene rings is 2. The number of hydrogen-bond donors (Lipinski definition) is 2. The molecule has 31 heavy (non-hydrogen) atoms. The van der Waals surface area contributed by atoms with Gasteiger partial charge in [-0.2, -0.15) is 0 Å². The first-order chi connectivity index (χ1) is 15.2. The summed E-state index contributed by atoms with van der Waals surface area (Å²) in [7, 11) is 0. The van der Waals surface area contributed by atoms with Crippen molar-refractivity contribution in [3.63, 3.8) is 0 Å². The number of nitrogens with one attached hydrogen (secondary N) is 2. The lowest BCUT2D eigenvalue weighted by Gasteiger charge is -2.18. The third-order valence-electron chi connectivity index (χ3n) is 4.83. The van der Waals surface area contributed by atoms with Crippen LogP contribution in [0.3, 0.4) is 0 Å². The number of aromatic nitrogens is 2. The molecule has 2 atom stereocenters. The second-order valence-corrected chi connectivity index (χ2v) is 8.28. The van der Waals surface area contributed by atoms with Gasteiger partial charge in [0.05, 0.1) is 5.56 Å². The Balaban J connectivity index is 1.33. The molecular weight excluding hydrogens is 412 g/mol. The number of amides is 2. The highest BCUT2D eigenvalue weighted by atomic mass is 32.2. The summed E-state index contributed by atoms with van der Waals surface area (Å²) in [6, 6.07) is 17.0. The molecule has 1 aliphatic heterocycles.